The van der Waals surface area contributed by atoms with Gasteiger partial charge >= 0.3 is 0 Å². The van der Waals surface area contributed by atoms with Crippen LogP contribution in [0.5, 0.6) is 0 Å². The number of nitrogens with one attached hydrogen (secondary N) is 1. The van der Waals surface area contributed by atoms with Gasteiger partial charge in [0.05, 0.1) is 4.34 Å². The van der Waals surface area contributed by atoms with Crippen LogP contribution in [0.3, 0.4) is 0 Å². The number of rotatable bonds is 7. The first-order valence-electron chi connectivity index (χ1n) is 5.29. The van der Waals surface area contributed by atoms with Crippen LogP contribution >= 0.6 is 22.9 Å². The molecule has 5 heteroatoms. The van der Waals surface area contributed by atoms with Crippen LogP contribution in [0, 0.1) is 0 Å². The molecule has 0 aliphatic carbocycles. The van der Waals surface area contributed by atoms with E-state index in [0.29, 0.717) is 16.9 Å². The Hall–Kier alpha value is -0.130. The summed E-state index contributed by atoms with van der Waals surface area (Å²) in [5.74, 6) is 0. The number of aliphatic hydroxyl groups is 1. The molecule has 0 radical (unpaired) electrons. The molecule has 0 aliphatic rings. The van der Waals surface area contributed by atoms with E-state index in [1.54, 1.807) is 13.2 Å². The summed E-state index contributed by atoms with van der Waals surface area (Å²) in [4.78, 5) is 0.899. The fourth-order valence-electron chi connectivity index (χ4n) is 1.32. The lowest BCUT2D eigenvalue weighted by molar-refractivity contribution is 0.160. The van der Waals surface area contributed by atoms with E-state index >= 15 is 0 Å². The summed E-state index contributed by atoms with van der Waals surface area (Å²) >= 11 is 7.22. The molecule has 0 spiro atoms. The Balaban J connectivity index is 2.27. The highest BCUT2D eigenvalue weighted by Gasteiger charge is 2.11. The summed E-state index contributed by atoms with van der Waals surface area (Å²) in [5.41, 5.74) is 0. The monoisotopic (exact) mass is 263 g/mol. The van der Waals surface area contributed by atoms with Crippen molar-refractivity contribution in [3.63, 3.8) is 0 Å². The predicted octanol–water partition coefficient (Wildman–Crippen LogP) is 2.45. The molecule has 1 aromatic heterocycles. The molecule has 1 aromatic rings. The summed E-state index contributed by atoms with van der Waals surface area (Å²) in [7, 11) is 1.69. The van der Waals surface area contributed by atoms with Crippen LogP contribution in [0.2, 0.25) is 4.34 Å². The van der Waals surface area contributed by atoms with Gasteiger partial charge < -0.3 is 15.2 Å². The minimum absolute atomic E-state index is 0.338. The first kappa shape index (κ1) is 13.9. The van der Waals surface area contributed by atoms with Gasteiger partial charge in [-0.2, -0.15) is 0 Å². The maximum atomic E-state index is 9.87. The van der Waals surface area contributed by atoms with Crippen LogP contribution < -0.4 is 5.32 Å². The SMILES string of the molecule is COCCC(C)NCC(O)c1ccc(Cl)s1. The van der Waals surface area contributed by atoms with E-state index in [1.165, 1.54) is 11.3 Å². The van der Waals surface area contributed by atoms with Gasteiger partial charge in [-0.25, -0.2) is 0 Å². The lowest BCUT2D eigenvalue weighted by atomic mass is 10.2. The van der Waals surface area contributed by atoms with E-state index in [4.69, 9.17) is 16.3 Å². The van der Waals surface area contributed by atoms with E-state index in [9.17, 15) is 5.11 Å². The fraction of sp³-hybridized carbons (Fsp3) is 0.636. The minimum atomic E-state index is -0.484. The fourth-order valence-corrected chi connectivity index (χ4v) is 2.36. The Morgan fingerprint density at radius 2 is 2.31 bits per heavy atom. The minimum Gasteiger partial charge on any atom is -0.386 e. The molecule has 0 fully saturated rings. The van der Waals surface area contributed by atoms with Crippen LogP contribution in [0.25, 0.3) is 0 Å². The van der Waals surface area contributed by atoms with E-state index in [2.05, 4.69) is 12.2 Å². The Morgan fingerprint density at radius 3 is 2.88 bits per heavy atom. The molecular weight excluding hydrogens is 246 g/mol. The molecule has 2 unspecified atom stereocenters. The Labute approximate surface area is 105 Å². The zero-order valence-corrected chi connectivity index (χ0v) is 11.1. The predicted molar refractivity (Wildman–Crippen MR) is 68.2 cm³/mol. The van der Waals surface area contributed by atoms with Gasteiger partial charge in [0.15, 0.2) is 0 Å². The second kappa shape index (κ2) is 7.25. The maximum absolute atomic E-state index is 9.87. The highest BCUT2D eigenvalue weighted by atomic mass is 35.5. The van der Waals surface area contributed by atoms with Gasteiger partial charge in [-0.1, -0.05) is 11.6 Å². The van der Waals surface area contributed by atoms with Gasteiger partial charge in [-0.15, -0.1) is 11.3 Å². The molecule has 0 amide bonds. The first-order valence-corrected chi connectivity index (χ1v) is 6.48. The molecule has 1 heterocycles. The van der Waals surface area contributed by atoms with E-state index in [-0.39, 0.29) is 0 Å². The van der Waals surface area contributed by atoms with Crippen LogP contribution in [-0.4, -0.2) is 31.4 Å². The summed E-state index contributed by atoms with van der Waals surface area (Å²) in [6.45, 7) is 3.35. The van der Waals surface area contributed by atoms with Gasteiger partial charge in [0, 0.05) is 31.2 Å². The molecule has 3 nitrogen and oxygen atoms in total. The van der Waals surface area contributed by atoms with Crippen molar-refractivity contribution < 1.29 is 9.84 Å². The van der Waals surface area contributed by atoms with Crippen LogP contribution in [0.15, 0.2) is 12.1 Å². The number of ether oxygens (including phenoxy) is 1. The lowest BCUT2D eigenvalue weighted by Crippen LogP contribution is -2.31. The molecule has 0 aliphatic heterocycles. The van der Waals surface area contributed by atoms with E-state index in [1.807, 2.05) is 6.07 Å². The van der Waals surface area contributed by atoms with Crippen LogP contribution in [-0.2, 0) is 4.74 Å². The average molecular weight is 264 g/mol. The van der Waals surface area contributed by atoms with Crippen molar-refractivity contribution in [2.24, 2.45) is 0 Å². The Kier molecular flexibility index (Phi) is 6.31. The largest absolute Gasteiger partial charge is 0.386 e. The van der Waals surface area contributed by atoms with Gasteiger partial charge in [0.1, 0.15) is 6.10 Å². The topological polar surface area (TPSA) is 41.5 Å². The quantitative estimate of drug-likeness (QED) is 0.794. The number of hydrogen-bond acceptors (Lipinski definition) is 4. The van der Waals surface area contributed by atoms with Crippen molar-refractivity contribution in [1.29, 1.82) is 0 Å². The van der Waals surface area contributed by atoms with E-state index < -0.39 is 6.10 Å². The Bertz CT molecular complexity index is 306. The zero-order valence-electron chi connectivity index (χ0n) is 9.57. The number of methoxy groups -OCH3 is 1. The van der Waals surface area contributed by atoms with Crippen molar-refractivity contribution in [3.8, 4) is 0 Å². The standard InChI is InChI=1S/C11H18ClNO2S/c1-8(5-6-15-2)13-7-9(14)10-3-4-11(12)16-10/h3-4,8-9,13-14H,5-7H2,1-2H3. The molecule has 1 rings (SSSR count). The first-order chi connectivity index (χ1) is 7.63. The summed E-state index contributed by atoms with van der Waals surface area (Å²) < 4.78 is 5.70. The third kappa shape index (κ3) is 4.80. The molecule has 92 valence electrons. The maximum Gasteiger partial charge on any atom is 0.101 e. The number of thiophene rings is 1. The molecule has 16 heavy (non-hydrogen) atoms. The summed E-state index contributed by atoms with van der Waals surface area (Å²) in [6, 6.07) is 4.00. The molecule has 0 saturated carbocycles. The number of halogens is 1. The third-order valence-corrected chi connectivity index (χ3v) is 3.67. The molecule has 2 N–H and O–H groups in total. The lowest BCUT2D eigenvalue weighted by Gasteiger charge is -2.15. The summed E-state index contributed by atoms with van der Waals surface area (Å²) in [5, 5.41) is 13.1. The van der Waals surface area contributed by atoms with Crippen molar-refractivity contribution in [1.82, 2.24) is 5.32 Å². The van der Waals surface area contributed by atoms with Crippen LogP contribution in [0.1, 0.15) is 24.3 Å². The van der Waals surface area contributed by atoms with Crippen molar-refractivity contribution in [2.45, 2.75) is 25.5 Å². The Morgan fingerprint density at radius 1 is 1.56 bits per heavy atom. The van der Waals surface area contributed by atoms with Gasteiger partial charge in [0.25, 0.3) is 0 Å². The van der Waals surface area contributed by atoms with Crippen molar-refractivity contribution in [2.75, 3.05) is 20.3 Å². The third-order valence-electron chi connectivity index (χ3n) is 2.34. The second-order valence-electron chi connectivity index (χ2n) is 3.75. The van der Waals surface area contributed by atoms with E-state index in [0.717, 1.165) is 17.9 Å². The second-order valence-corrected chi connectivity index (χ2v) is 5.50. The molecule has 0 aromatic carbocycles. The zero-order chi connectivity index (χ0) is 12.0. The van der Waals surface area contributed by atoms with Gasteiger partial charge in [0.2, 0.25) is 0 Å². The molecule has 0 saturated heterocycles. The highest BCUT2D eigenvalue weighted by molar-refractivity contribution is 7.16. The normalized spacial score (nSPS) is 15.0. The van der Waals surface area contributed by atoms with Crippen LogP contribution in [0.4, 0.5) is 0 Å². The van der Waals surface area contributed by atoms with Crippen molar-refractivity contribution in [3.05, 3.63) is 21.3 Å². The van der Waals surface area contributed by atoms with Gasteiger partial charge in [-0.3, -0.25) is 0 Å². The molecule has 2 atom stereocenters. The van der Waals surface area contributed by atoms with Crippen molar-refractivity contribution >= 4 is 22.9 Å². The number of hydrogen-bond donors (Lipinski definition) is 2. The van der Waals surface area contributed by atoms with Gasteiger partial charge in [-0.05, 0) is 25.5 Å². The highest BCUT2D eigenvalue weighted by Crippen LogP contribution is 2.26. The molecule has 0 bridgehead atoms. The smallest absolute Gasteiger partial charge is 0.101 e. The average Bonchev–Trinajstić information content (AvgIpc) is 2.69. The molecular formula is C11H18ClNO2S. The number of aliphatic hydroxyl groups excluding tert-OH is 1. The summed E-state index contributed by atoms with van der Waals surface area (Å²) in [6.07, 6.45) is 0.455.